The number of hydrogen-bond acceptors (Lipinski definition) is 3. The average Bonchev–Trinajstić information content (AvgIpc) is 2.42. The average molecular weight is 341 g/mol. The molecule has 4 N–H and O–H groups in total. The summed E-state index contributed by atoms with van der Waals surface area (Å²) in [6.07, 6.45) is 4.73. The van der Waals surface area contributed by atoms with Crippen LogP contribution in [0.2, 0.25) is 10.0 Å². The molecule has 0 heterocycles. The van der Waals surface area contributed by atoms with Gasteiger partial charge in [-0.1, -0.05) is 42.5 Å². The van der Waals surface area contributed by atoms with Gasteiger partial charge in [-0.25, -0.2) is 0 Å². The van der Waals surface area contributed by atoms with Crippen molar-refractivity contribution in [1.82, 2.24) is 0 Å². The largest absolute Gasteiger partial charge is 0.506 e. The molecule has 20 heavy (non-hydrogen) atoms. The van der Waals surface area contributed by atoms with Crippen LogP contribution in [0, 0.1) is 5.92 Å². The third kappa shape index (κ3) is 3.92. The number of nitrogens with two attached hydrogens (primary N) is 1. The lowest BCUT2D eigenvalue weighted by atomic mass is 9.81. The number of halogens is 3. The maximum atomic E-state index is 10.4. The van der Waals surface area contributed by atoms with Crippen LogP contribution in [0.1, 0.15) is 43.7 Å². The molecule has 1 aliphatic carbocycles. The first kappa shape index (κ1) is 17.9. The number of phenols is 1. The number of hydrogen-bond donors (Lipinski definition) is 3. The van der Waals surface area contributed by atoms with Crippen molar-refractivity contribution < 1.29 is 10.2 Å². The van der Waals surface area contributed by atoms with Gasteiger partial charge in [0.05, 0.1) is 17.2 Å². The molecule has 1 saturated carbocycles. The molecule has 0 aromatic heterocycles. The Balaban J connectivity index is 0.00000200. The highest BCUT2D eigenvalue weighted by atomic mass is 35.5. The molecule has 6 heteroatoms. The van der Waals surface area contributed by atoms with Gasteiger partial charge in [-0.15, -0.1) is 12.4 Å². The van der Waals surface area contributed by atoms with Crippen molar-refractivity contribution in [2.24, 2.45) is 11.7 Å². The van der Waals surface area contributed by atoms with Gasteiger partial charge in [0.2, 0.25) is 0 Å². The van der Waals surface area contributed by atoms with Crippen molar-refractivity contribution in [1.29, 1.82) is 0 Å². The Hall–Kier alpha value is -0.190. The zero-order chi connectivity index (χ0) is 14.0. The van der Waals surface area contributed by atoms with E-state index in [-0.39, 0.29) is 29.1 Å². The fourth-order valence-corrected chi connectivity index (χ4v) is 3.30. The summed E-state index contributed by atoms with van der Waals surface area (Å²) in [5, 5.41) is 20.9. The van der Waals surface area contributed by atoms with E-state index in [9.17, 15) is 10.2 Å². The van der Waals surface area contributed by atoms with E-state index in [1.165, 1.54) is 12.5 Å². The Morgan fingerprint density at radius 1 is 1.15 bits per heavy atom. The third-order valence-corrected chi connectivity index (χ3v) is 4.42. The van der Waals surface area contributed by atoms with Crippen molar-refractivity contribution in [3.05, 3.63) is 27.7 Å². The van der Waals surface area contributed by atoms with E-state index >= 15 is 0 Å². The SMILES string of the molecule is Cl.N[C@H](c1cc(Cl)cc(Cl)c1O)[C@@H](O)C1CCCCC1. The van der Waals surface area contributed by atoms with Crippen LogP contribution in [0.25, 0.3) is 0 Å². The lowest BCUT2D eigenvalue weighted by molar-refractivity contribution is 0.0611. The summed E-state index contributed by atoms with van der Waals surface area (Å²) in [7, 11) is 0. The predicted molar refractivity (Wildman–Crippen MR) is 84.9 cm³/mol. The van der Waals surface area contributed by atoms with Gasteiger partial charge in [0, 0.05) is 10.6 Å². The van der Waals surface area contributed by atoms with Crippen molar-refractivity contribution in [3.63, 3.8) is 0 Å². The minimum absolute atomic E-state index is 0. The van der Waals surface area contributed by atoms with Gasteiger partial charge in [0.1, 0.15) is 5.75 Å². The van der Waals surface area contributed by atoms with Gasteiger partial charge in [-0.2, -0.15) is 0 Å². The van der Waals surface area contributed by atoms with Crippen LogP contribution >= 0.6 is 35.6 Å². The van der Waals surface area contributed by atoms with Crippen LogP contribution in [0.15, 0.2) is 12.1 Å². The summed E-state index contributed by atoms with van der Waals surface area (Å²) in [4.78, 5) is 0. The van der Waals surface area contributed by atoms with Crippen molar-refractivity contribution in [2.75, 3.05) is 0 Å². The molecule has 114 valence electrons. The molecule has 1 aromatic carbocycles. The predicted octanol–water partition coefficient (Wildman–Crippen LogP) is 4.06. The molecular formula is C14H20Cl3NO2. The first-order chi connectivity index (χ1) is 9.00. The lowest BCUT2D eigenvalue weighted by Gasteiger charge is -2.31. The number of benzene rings is 1. The summed E-state index contributed by atoms with van der Waals surface area (Å²) in [5.41, 5.74) is 6.49. The maximum Gasteiger partial charge on any atom is 0.139 e. The lowest BCUT2D eigenvalue weighted by Crippen LogP contribution is -2.34. The van der Waals surface area contributed by atoms with Gasteiger partial charge >= 0.3 is 0 Å². The van der Waals surface area contributed by atoms with E-state index < -0.39 is 12.1 Å². The van der Waals surface area contributed by atoms with Crippen LogP contribution in [-0.2, 0) is 0 Å². The standard InChI is InChI=1S/C14H19Cl2NO2.ClH/c15-9-6-10(14(19)11(16)7-9)12(17)13(18)8-4-2-1-3-5-8;/h6-8,12-13,18-19H,1-5,17H2;1H/t12-,13+;/m1./s1. The van der Waals surface area contributed by atoms with Crippen LogP contribution in [-0.4, -0.2) is 16.3 Å². The van der Waals surface area contributed by atoms with E-state index in [4.69, 9.17) is 28.9 Å². The molecule has 2 atom stereocenters. The van der Waals surface area contributed by atoms with E-state index in [1.807, 2.05) is 0 Å². The van der Waals surface area contributed by atoms with Crippen LogP contribution < -0.4 is 5.73 Å². The summed E-state index contributed by atoms with van der Waals surface area (Å²) in [5.74, 6) is 0.0920. The Kier molecular flexibility index (Phi) is 6.89. The fraction of sp³-hybridized carbons (Fsp3) is 0.571. The number of rotatable bonds is 3. The molecule has 0 saturated heterocycles. The molecule has 0 bridgehead atoms. The van der Waals surface area contributed by atoms with E-state index in [2.05, 4.69) is 0 Å². The highest BCUT2D eigenvalue weighted by Crippen LogP contribution is 2.38. The number of phenolic OH excluding ortho intramolecular Hbond substituents is 1. The number of aliphatic hydroxyl groups excluding tert-OH is 1. The molecule has 0 radical (unpaired) electrons. The molecule has 1 fully saturated rings. The number of aliphatic hydroxyl groups is 1. The van der Waals surface area contributed by atoms with Gasteiger partial charge in [-0.3, -0.25) is 0 Å². The van der Waals surface area contributed by atoms with E-state index in [1.54, 1.807) is 6.07 Å². The van der Waals surface area contributed by atoms with Crippen molar-refractivity contribution in [2.45, 2.75) is 44.2 Å². The minimum Gasteiger partial charge on any atom is -0.506 e. The van der Waals surface area contributed by atoms with E-state index in [0.717, 1.165) is 25.7 Å². The Morgan fingerprint density at radius 2 is 1.75 bits per heavy atom. The second kappa shape index (κ2) is 7.71. The summed E-state index contributed by atoms with van der Waals surface area (Å²) < 4.78 is 0. The molecule has 2 rings (SSSR count). The molecule has 1 aliphatic rings. The molecule has 0 unspecified atom stereocenters. The highest BCUT2D eigenvalue weighted by molar-refractivity contribution is 6.35. The van der Waals surface area contributed by atoms with Crippen molar-refractivity contribution >= 4 is 35.6 Å². The van der Waals surface area contributed by atoms with Crippen molar-refractivity contribution in [3.8, 4) is 5.75 Å². The number of aromatic hydroxyl groups is 1. The van der Waals surface area contributed by atoms with E-state index in [0.29, 0.717) is 10.6 Å². The van der Waals surface area contributed by atoms with Gasteiger partial charge in [-0.05, 0) is 30.9 Å². The monoisotopic (exact) mass is 339 g/mol. The fourth-order valence-electron chi connectivity index (χ4n) is 2.79. The topological polar surface area (TPSA) is 66.5 Å². The van der Waals surface area contributed by atoms with Gasteiger partial charge in [0.25, 0.3) is 0 Å². The van der Waals surface area contributed by atoms with Gasteiger partial charge in [0.15, 0.2) is 0 Å². The molecule has 1 aromatic rings. The first-order valence-electron chi connectivity index (χ1n) is 6.62. The second-order valence-electron chi connectivity index (χ2n) is 5.24. The van der Waals surface area contributed by atoms with Crippen LogP contribution in [0.4, 0.5) is 0 Å². The third-order valence-electron chi connectivity index (χ3n) is 3.92. The second-order valence-corrected chi connectivity index (χ2v) is 6.08. The van der Waals surface area contributed by atoms with Gasteiger partial charge < -0.3 is 15.9 Å². The Bertz CT molecular complexity index is 450. The summed E-state index contributed by atoms with van der Waals surface area (Å²) in [6, 6.07) is 2.36. The molecule has 0 amide bonds. The smallest absolute Gasteiger partial charge is 0.139 e. The Morgan fingerprint density at radius 3 is 2.35 bits per heavy atom. The first-order valence-corrected chi connectivity index (χ1v) is 7.38. The normalized spacial score (nSPS) is 19.2. The highest BCUT2D eigenvalue weighted by Gasteiger charge is 2.29. The summed E-state index contributed by atoms with van der Waals surface area (Å²) in [6.45, 7) is 0. The minimum atomic E-state index is -0.680. The maximum absolute atomic E-state index is 10.4. The van der Waals surface area contributed by atoms with Crippen LogP contribution in [0.3, 0.4) is 0 Å². The zero-order valence-corrected chi connectivity index (χ0v) is 13.4. The Labute approximate surface area is 135 Å². The molecule has 0 aliphatic heterocycles. The molecular weight excluding hydrogens is 321 g/mol. The summed E-state index contributed by atoms with van der Waals surface area (Å²) >= 11 is 11.8. The quantitative estimate of drug-likeness (QED) is 0.777. The molecule has 0 spiro atoms. The molecule has 3 nitrogen and oxygen atoms in total. The zero-order valence-electron chi connectivity index (χ0n) is 11.1. The van der Waals surface area contributed by atoms with Crippen LogP contribution in [0.5, 0.6) is 5.75 Å².